The summed E-state index contributed by atoms with van der Waals surface area (Å²) in [5.74, 6) is -0.116. The maximum atomic E-state index is 12.4. The number of thioether (sulfide) groups is 1. The van der Waals surface area contributed by atoms with E-state index in [2.05, 4.69) is 22.2 Å². The highest BCUT2D eigenvalue weighted by Crippen LogP contribution is 2.14. The largest absolute Gasteiger partial charge is 0.352 e. The van der Waals surface area contributed by atoms with Crippen LogP contribution < -0.4 is 5.32 Å². The van der Waals surface area contributed by atoms with Gasteiger partial charge in [0.05, 0.1) is 11.3 Å². The minimum atomic E-state index is -0.116. The summed E-state index contributed by atoms with van der Waals surface area (Å²) in [6, 6.07) is 7.64. The molecule has 1 aromatic heterocycles. The summed E-state index contributed by atoms with van der Waals surface area (Å²) in [4.78, 5) is 21.0. The monoisotopic (exact) mass is 349 g/mol. The smallest absolute Gasteiger partial charge is 0.254 e. The van der Waals surface area contributed by atoms with Crippen LogP contribution in [0.15, 0.2) is 35.6 Å². The zero-order chi connectivity index (χ0) is 16.7. The molecule has 1 heterocycles. The van der Waals surface area contributed by atoms with Gasteiger partial charge in [0, 0.05) is 17.8 Å². The Morgan fingerprint density at radius 1 is 1.26 bits per heavy atom. The third-order valence-corrected chi connectivity index (χ3v) is 4.19. The third-order valence-electron chi connectivity index (χ3n) is 3.37. The van der Waals surface area contributed by atoms with Crippen LogP contribution in [-0.4, -0.2) is 28.7 Å². The van der Waals surface area contributed by atoms with E-state index in [0.717, 1.165) is 30.5 Å². The van der Waals surface area contributed by atoms with Crippen molar-refractivity contribution in [1.29, 1.82) is 0 Å². The second kappa shape index (κ2) is 8.89. The first-order chi connectivity index (χ1) is 11.1. The molecule has 6 heteroatoms. The van der Waals surface area contributed by atoms with Gasteiger partial charge in [0.1, 0.15) is 0 Å². The van der Waals surface area contributed by atoms with Crippen LogP contribution in [0.5, 0.6) is 0 Å². The van der Waals surface area contributed by atoms with Crippen molar-refractivity contribution >= 4 is 29.3 Å². The Morgan fingerprint density at radius 2 is 2.00 bits per heavy atom. The summed E-state index contributed by atoms with van der Waals surface area (Å²) >= 11 is 7.34. The molecule has 0 fully saturated rings. The molecular formula is C17H20ClN3OS. The SMILES string of the molecule is CCCc1nc(SC)ncc1C(=O)NCCc1ccc(Cl)cc1. The number of nitrogens with one attached hydrogen (secondary N) is 1. The zero-order valence-corrected chi connectivity index (χ0v) is 14.9. The van der Waals surface area contributed by atoms with E-state index >= 15 is 0 Å². The van der Waals surface area contributed by atoms with E-state index in [1.54, 1.807) is 6.20 Å². The normalized spacial score (nSPS) is 10.6. The second-order valence-electron chi connectivity index (χ2n) is 5.10. The predicted molar refractivity (Wildman–Crippen MR) is 95.3 cm³/mol. The minimum Gasteiger partial charge on any atom is -0.352 e. The van der Waals surface area contributed by atoms with Gasteiger partial charge >= 0.3 is 0 Å². The molecule has 122 valence electrons. The van der Waals surface area contributed by atoms with Gasteiger partial charge in [-0.05, 0) is 36.8 Å². The van der Waals surface area contributed by atoms with Crippen molar-refractivity contribution in [2.75, 3.05) is 12.8 Å². The lowest BCUT2D eigenvalue weighted by molar-refractivity contribution is 0.0952. The van der Waals surface area contributed by atoms with Crippen molar-refractivity contribution in [1.82, 2.24) is 15.3 Å². The van der Waals surface area contributed by atoms with Crippen molar-refractivity contribution in [3.8, 4) is 0 Å². The van der Waals surface area contributed by atoms with E-state index < -0.39 is 0 Å². The molecule has 1 amide bonds. The molecule has 0 saturated carbocycles. The molecule has 1 N–H and O–H groups in total. The van der Waals surface area contributed by atoms with Crippen molar-refractivity contribution in [2.24, 2.45) is 0 Å². The molecule has 0 aliphatic rings. The second-order valence-corrected chi connectivity index (χ2v) is 6.31. The minimum absolute atomic E-state index is 0.116. The summed E-state index contributed by atoms with van der Waals surface area (Å²) in [6.07, 6.45) is 6.03. The van der Waals surface area contributed by atoms with E-state index in [9.17, 15) is 4.79 Å². The van der Waals surface area contributed by atoms with Crippen molar-refractivity contribution in [2.45, 2.75) is 31.3 Å². The number of aryl methyl sites for hydroxylation is 1. The van der Waals surface area contributed by atoms with Gasteiger partial charge in [-0.15, -0.1) is 0 Å². The fraction of sp³-hybridized carbons (Fsp3) is 0.353. The van der Waals surface area contributed by atoms with Crippen LogP contribution in [0.25, 0.3) is 0 Å². The van der Waals surface area contributed by atoms with E-state index in [0.29, 0.717) is 22.3 Å². The molecule has 4 nitrogen and oxygen atoms in total. The maximum Gasteiger partial charge on any atom is 0.254 e. The van der Waals surface area contributed by atoms with Crippen molar-refractivity contribution in [3.63, 3.8) is 0 Å². The zero-order valence-electron chi connectivity index (χ0n) is 13.3. The highest BCUT2D eigenvalue weighted by Gasteiger charge is 2.13. The number of hydrogen-bond acceptors (Lipinski definition) is 4. The topological polar surface area (TPSA) is 54.9 Å². The van der Waals surface area contributed by atoms with E-state index in [1.165, 1.54) is 11.8 Å². The Morgan fingerprint density at radius 3 is 2.65 bits per heavy atom. The number of benzene rings is 1. The number of halogens is 1. The molecule has 2 rings (SSSR count). The van der Waals surface area contributed by atoms with Gasteiger partial charge in [-0.1, -0.05) is 48.8 Å². The summed E-state index contributed by atoms with van der Waals surface area (Å²) in [5.41, 5.74) is 2.52. The third kappa shape index (κ3) is 5.22. The number of carbonyl (C=O) groups excluding carboxylic acids is 1. The fourth-order valence-corrected chi connectivity index (χ4v) is 2.67. The first kappa shape index (κ1) is 17.8. The number of hydrogen-bond donors (Lipinski definition) is 1. The summed E-state index contributed by atoms with van der Waals surface area (Å²) in [6.45, 7) is 2.64. The lowest BCUT2D eigenvalue weighted by Gasteiger charge is -2.10. The predicted octanol–water partition coefficient (Wildman–Crippen LogP) is 3.78. The van der Waals surface area contributed by atoms with E-state index in [4.69, 9.17) is 11.6 Å². The molecule has 23 heavy (non-hydrogen) atoms. The molecule has 0 aliphatic heterocycles. The van der Waals surface area contributed by atoms with Crippen molar-refractivity contribution < 1.29 is 4.79 Å². The van der Waals surface area contributed by atoms with Gasteiger partial charge < -0.3 is 5.32 Å². The Hall–Kier alpha value is -1.59. The van der Waals surface area contributed by atoms with Crippen molar-refractivity contribution in [3.05, 3.63) is 52.3 Å². The van der Waals surface area contributed by atoms with Gasteiger partial charge in [0.2, 0.25) is 0 Å². The number of aromatic nitrogens is 2. The summed E-state index contributed by atoms with van der Waals surface area (Å²) < 4.78 is 0. The van der Waals surface area contributed by atoms with E-state index in [1.807, 2.05) is 30.5 Å². The summed E-state index contributed by atoms with van der Waals surface area (Å²) in [5, 5.41) is 4.36. The molecule has 2 aromatic rings. The quantitative estimate of drug-likeness (QED) is 0.610. The molecule has 0 saturated heterocycles. The number of carbonyl (C=O) groups is 1. The van der Waals surface area contributed by atoms with E-state index in [-0.39, 0.29) is 5.91 Å². The Labute approximate surface area is 146 Å². The van der Waals surface area contributed by atoms with Crippen LogP contribution in [0, 0.1) is 0 Å². The summed E-state index contributed by atoms with van der Waals surface area (Å²) in [7, 11) is 0. The molecule has 0 unspecified atom stereocenters. The standard InChI is InChI=1S/C17H20ClN3OS/c1-3-4-15-14(11-20-17(21-15)23-2)16(22)19-10-9-12-5-7-13(18)8-6-12/h5-8,11H,3-4,9-10H2,1-2H3,(H,19,22). The molecule has 0 bridgehead atoms. The number of amides is 1. The average Bonchev–Trinajstić information content (AvgIpc) is 2.56. The van der Waals surface area contributed by atoms with Gasteiger partial charge in [-0.2, -0.15) is 0 Å². The van der Waals surface area contributed by atoms with Gasteiger partial charge in [-0.3, -0.25) is 4.79 Å². The molecule has 1 aromatic carbocycles. The fourth-order valence-electron chi connectivity index (χ4n) is 2.18. The molecule has 0 atom stereocenters. The van der Waals surface area contributed by atoms with Crippen LogP contribution >= 0.6 is 23.4 Å². The van der Waals surface area contributed by atoms with Crippen LogP contribution in [-0.2, 0) is 12.8 Å². The number of rotatable bonds is 7. The van der Waals surface area contributed by atoms with Crippen LogP contribution in [0.1, 0.15) is 35.0 Å². The Bertz CT molecular complexity index is 661. The van der Waals surface area contributed by atoms with Crippen LogP contribution in [0.2, 0.25) is 5.02 Å². The van der Waals surface area contributed by atoms with Gasteiger partial charge in [0.25, 0.3) is 5.91 Å². The molecule has 0 aliphatic carbocycles. The molecule has 0 spiro atoms. The average molecular weight is 350 g/mol. The first-order valence-corrected chi connectivity index (χ1v) is 9.17. The lowest BCUT2D eigenvalue weighted by Crippen LogP contribution is -2.27. The van der Waals surface area contributed by atoms with Gasteiger partial charge in [-0.25, -0.2) is 9.97 Å². The highest BCUT2D eigenvalue weighted by atomic mass is 35.5. The number of nitrogens with zero attached hydrogens (tertiary/aromatic N) is 2. The van der Waals surface area contributed by atoms with Crippen LogP contribution in [0.3, 0.4) is 0 Å². The molecular weight excluding hydrogens is 330 g/mol. The van der Waals surface area contributed by atoms with Gasteiger partial charge in [0.15, 0.2) is 5.16 Å². The first-order valence-electron chi connectivity index (χ1n) is 7.56. The highest BCUT2D eigenvalue weighted by molar-refractivity contribution is 7.98. The lowest BCUT2D eigenvalue weighted by atomic mass is 10.1. The Kier molecular flexibility index (Phi) is 6.86. The van der Waals surface area contributed by atoms with Crippen LogP contribution in [0.4, 0.5) is 0 Å². The maximum absolute atomic E-state index is 12.4. The Balaban J connectivity index is 1.98. The molecule has 0 radical (unpaired) electrons.